The van der Waals surface area contributed by atoms with Gasteiger partial charge in [-0.2, -0.15) is 0 Å². The molecular weight excluding hydrogens is 128 g/mol. The molecular formula is C3H2N2O2S. The molecule has 8 heavy (non-hydrogen) atoms. The average Bonchev–Trinajstić information content (AvgIpc) is 2.12. The van der Waals surface area contributed by atoms with Crippen LogP contribution >= 0.6 is 11.8 Å². The van der Waals surface area contributed by atoms with Crippen LogP contribution in [0.4, 0.5) is 0 Å². The van der Waals surface area contributed by atoms with Crippen LogP contribution < -0.4 is 0 Å². The predicted molar refractivity (Wildman–Crippen MR) is 30.1 cm³/mol. The van der Waals surface area contributed by atoms with Crippen molar-refractivity contribution in [3.05, 3.63) is 16.7 Å². The van der Waals surface area contributed by atoms with Crippen molar-refractivity contribution < 1.29 is 4.92 Å². The minimum atomic E-state index is -0.769. The number of thioether (sulfide) groups is 1. The van der Waals surface area contributed by atoms with E-state index in [0.717, 1.165) is 11.8 Å². The molecule has 4 nitrogen and oxygen atoms in total. The quantitative estimate of drug-likeness (QED) is 0.381. The second-order valence-corrected chi connectivity index (χ2v) is 2.07. The molecule has 1 heterocycles. The Bertz CT molecular complexity index is 127. The summed E-state index contributed by atoms with van der Waals surface area (Å²) in [5.41, 5.74) is 1.41. The third-order valence-corrected chi connectivity index (χ3v) is 1.38. The fourth-order valence-corrected chi connectivity index (χ4v) is 0.768. The molecule has 1 atom stereocenters. The van der Waals surface area contributed by atoms with E-state index >= 15 is 0 Å². The third-order valence-electron chi connectivity index (χ3n) is 0.619. The number of nitrogens with zero attached hydrogens (tertiary/aromatic N) is 2. The van der Waals surface area contributed by atoms with Crippen LogP contribution in [0.2, 0.25) is 0 Å². The van der Waals surface area contributed by atoms with E-state index in [1.165, 1.54) is 5.55 Å². The Kier molecular flexibility index (Phi) is 1.48. The second-order valence-electron chi connectivity index (χ2n) is 1.14. The summed E-state index contributed by atoms with van der Waals surface area (Å²) in [7, 11) is 0. The number of nitro groups is 1. The van der Waals surface area contributed by atoms with Gasteiger partial charge in [0.1, 0.15) is 0 Å². The molecule has 1 unspecified atom stereocenters. The van der Waals surface area contributed by atoms with Crippen LogP contribution in [0.5, 0.6) is 0 Å². The van der Waals surface area contributed by atoms with Gasteiger partial charge in [-0.25, -0.2) is 0 Å². The lowest BCUT2D eigenvalue weighted by molar-refractivity contribution is -0.486. The maximum atomic E-state index is 9.84. The summed E-state index contributed by atoms with van der Waals surface area (Å²) in [5.74, 6) is 0. The molecule has 42 valence electrons. The van der Waals surface area contributed by atoms with Crippen LogP contribution in [-0.4, -0.2) is 15.8 Å². The van der Waals surface area contributed by atoms with E-state index in [4.69, 9.17) is 0 Å². The molecule has 5 heteroatoms. The van der Waals surface area contributed by atoms with Gasteiger partial charge in [-0.3, -0.25) is 15.1 Å². The number of aliphatic imine (C=N–C) groups is 1. The fraction of sp³-hybridized carbons (Fsp3) is 0.333. The third kappa shape index (κ3) is 0.975. The zero-order valence-corrected chi connectivity index (χ0v) is 4.59. The second kappa shape index (κ2) is 2.13. The number of hydrogen-bond donors (Lipinski definition) is 0. The van der Waals surface area contributed by atoms with Gasteiger partial charge in [0.2, 0.25) is 6.54 Å². The number of rotatable bonds is 1. The van der Waals surface area contributed by atoms with Crippen molar-refractivity contribution in [2.45, 2.75) is 5.37 Å². The van der Waals surface area contributed by atoms with E-state index in [1.54, 1.807) is 0 Å². The first kappa shape index (κ1) is 5.55. The lowest BCUT2D eigenvalue weighted by Crippen LogP contribution is -2.11. The van der Waals surface area contributed by atoms with Crippen molar-refractivity contribution in [3.8, 4) is 0 Å². The van der Waals surface area contributed by atoms with Crippen LogP contribution in [-0.2, 0) is 0 Å². The predicted octanol–water partition coefficient (Wildman–Crippen LogP) is 0.403. The minimum absolute atomic E-state index is 0.433. The van der Waals surface area contributed by atoms with Gasteiger partial charge in [0, 0.05) is 4.92 Å². The Morgan fingerprint density at radius 2 is 2.75 bits per heavy atom. The Balaban J connectivity index is 2.41. The monoisotopic (exact) mass is 130 g/mol. The van der Waals surface area contributed by atoms with Gasteiger partial charge in [-0.05, 0) is 11.8 Å². The summed E-state index contributed by atoms with van der Waals surface area (Å²) in [6.07, 6.45) is 0. The molecule has 1 aliphatic rings. The highest BCUT2D eigenvalue weighted by Gasteiger charge is 2.24. The molecule has 1 aliphatic heterocycles. The first-order valence-corrected chi connectivity index (χ1v) is 2.81. The molecule has 0 saturated heterocycles. The van der Waals surface area contributed by atoms with Crippen molar-refractivity contribution >= 4 is 17.3 Å². The highest BCUT2D eigenvalue weighted by Crippen LogP contribution is 2.17. The Labute approximate surface area is 50.1 Å². The molecule has 0 fully saturated rings. The summed E-state index contributed by atoms with van der Waals surface area (Å²) in [6, 6.07) is 0. The summed E-state index contributed by atoms with van der Waals surface area (Å²) >= 11 is 1.05. The fourth-order valence-electron chi connectivity index (χ4n) is 0.310. The Morgan fingerprint density at radius 1 is 2.00 bits per heavy atom. The molecule has 0 aromatic carbocycles. The molecule has 0 saturated carbocycles. The average molecular weight is 130 g/mol. The summed E-state index contributed by atoms with van der Waals surface area (Å²) in [5, 5.41) is 9.08. The van der Waals surface area contributed by atoms with Crippen LogP contribution in [0.3, 0.4) is 0 Å². The maximum Gasteiger partial charge on any atom is 0.293 e. The molecule has 0 bridgehead atoms. The highest BCUT2D eigenvalue weighted by atomic mass is 32.2. The lowest BCUT2D eigenvalue weighted by Gasteiger charge is -1.91. The first-order chi connectivity index (χ1) is 3.80. The van der Waals surface area contributed by atoms with Crippen LogP contribution in [0.25, 0.3) is 0 Å². The molecule has 0 amide bonds. The van der Waals surface area contributed by atoms with Crippen LogP contribution in [0.1, 0.15) is 0 Å². The van der Waals surface area contributed by atoms with E-state index in [9.17, 15) is 10.1 Å². The highest BCUT2D eigenvalue weighted by molar-refractivity contribution is 8.12. The lowest BCUT2D eigenvalue weighted by atomic mass is 10.7. The van der Waals surface area contributed by atoms with Gasteiger partial charge < -0.3 is 0 Å². The van der Waals surface area contributed by atoms with Gasteiger partial charge in [0.15, 0.2) is 0 Å². The number of hydrogen-bond acceptors (Lipinski definition) is 4. The minimum Gasteiger partial charge on any atom is -0.265 e. The zero-order chi connectivity index (χ0) is 5.98. The smallest absolute Gasteiger partial charge is 0.265 e. The topological polar surface area (TPSA) is 55.5 Å². The van der Waals surface area contributed by atoms with Crippen molar-refractivity contribution in [2.75, 3.05) is 0 Å². The first-order valence-electron chi connectivity index (χ1n) is 1.87. The SMILES string of the molecule is O=[N+]([O-])C1[C]N=CS1. The van der Waals surface area contributed by atoms with Crippen molar-refractivity contribution in [2.24, 2.45) is 4.99 Å². The van der Waals surface area contributed by atoms with E-state index in [2.05, 4.69) is 11.5 Å². The van der Waals surface area contributed by atoms with Crippen LogP contribution in [0, 0.1) is 16.7 Å². The molecule has 2 radical (unpaired) electrons. The Hall–Kier alpha value is -0.580. The summed E-state index contributed by atoms with van der Waals surface area (Å²) < 4.78 is 0. The molecule has 0 aliphatic carbocycles. The van der Waals surface area contributed by atoms with E-state index in [0.29, 0.717) is 0 Å². The molecule has 0 aromatic rings. The van der Waals surface area contributed by atoms with Crippen molar-refractivity contribution in [1.82, 2.24) is 0 Å². The van der Waals surface area contributed by atoms with Crippen LogP contribution in [0.15, 0.2) is 4.99 Å². The molecule has 0 spiro atoms. The van der Waals surface area contributed by atoms with Crippen molar-refractivity contribution in [1.29, 1.82) is 0 Å². The summed E-state index contributed by atoms with van der Waals surface area (Å²) in [4.78, 5) is 12.8. The Morgan fingerprint density at radius 3 is 3.00 bits per heavy atom. The van der Waals surface area contributed by atoms with E-state index < -0.39 is 10.3 Å². The van der Waals surface area contributed by atoms with Gasteiger partial charge in [-0.15, -0.1) is 0 Å². The van der Waals surface area contributed by atoms with Gasteiger partial charge in [-0.1, -0.05) is 0 Å². The summed E-state index contributed by atoms with van der Waals surface area (Å²) in [6.45, 7) is 2.29. The molecule has 0 aromatic heterocycles. The molecule has 1 rings (SSSR count). The van der Waals surface area contributed by atoms with E-state index in [-0.39, 0.29) is 0 Å². The zero-order valence-electron chi connectivity index (χ0n) is 3.77. The van der Waals surface area contributed by atoms with E-state index in [1.807, 2.05) is 0 Å². The van der Waals surface area contributed by atoms with Crippen molar-refractivity contribution in [3.63, 3.8) is 0 Å². The van der Waals surface area contributed by atoms with Gasteiger partial charge in [0.05, 0.1) is 5.55 Å². The standard InChI is InChI=1S/C3H2N2O2S/c6-5(7)3-1-4-2-8-3/h2-3H. The maximum absolute atomic E-state index is 9.84. The van der Waals surface area contributed by atoms with Gasteiger partial charge >= 0.3 is 0 Å². The van der Waals surface area contributed by atoms with Gasteiger partial charge in [0.25, 0.3) is 5.37 Å². The normalized spacial score (nSPS) is 26.2. The molecule has 0 N–H and O–H groups in total. The largest absolute Gasteiger partial charge is 0.293 e.